The van der Waals surface area contributed by atoms with Crippen molar-refractivity contribution in [1.82, 2.24) is 20.0 Å². The van der Waals surface area contributed by atoms with Gasteiger partial charge in [0, 0.05) is 42.6 Å². The molecule has 2 aromatic heterocycles. The first-order valence-corrected chi connectivity index (χ1v) is 12.6. The zero-order chi connectivity index (χ0) is 25.9. The van der Waals surface area contributed by atoms with E-state index in [-0.39, 0.29) is 12.1 Å². The minimum atomic E-state index is -0.244. The number of rotatable bonds is 8. The van der Waals surface area contributed by atoms with Crippen molar-refractivity contribution in [3.8, 4) is 23.1 Å². The van der Waals surface area contributed by atoms with Gasteiger partial charge in [-0.1, -0.05) is 17.3 Å². The number of hydrogen-bond donors (Lipinski definition) is 2. The Morgan fingerprint density at radius 2 is 2.03 bits per heavy atom. The number of carbonyl (C=O) groups excluding carboxylic acids is 1. The number of ether oxygens (including phenoxy) is 1. The highest BCUT2D eigenvalue weighted by Gasteiger charge is 2.28. The van der Waals surface area contributed by atoms with E-state index < -0.39 is 0 Å². The number of urea groups is 1. The van der Waals surface area contributed by atoms with E-state index in [9.17, 15) is 10.1 Å². The van der Waals surface area contributed by atoms with Crippen molar-refractivity contribution in [2.24, 2.45) is 0 Å². The average Bonchev–Trinajstić information content (AvgIpc) is 3.38. The molecular weight excluding hydrogens is 468 g/mol. The van der Waals surface area contributed by atoms with Gasteiger partial charge in [0.05, 0.1) is 23.4 Å². The van der Waals surface area contributed by atoms with Crippen LogP contribution in [0.15, 0.2) is 47.0 Å². The molecule has 0 saturated heterocycles. The predicted molar refractivity (Wildman–Crippen MR) is 141 cm³/mol. The van der Waals surface area contributed by atoms with Gasteiger partial charge >= 0.3 is 6.03 Å². The molecule has 9 nitrogen and oxygen atoms in total. The molecule has 1 aliphatic carbocycles. The van der Waals surface area contributed by atoms with E-state index in [4.69, 9.17) is 9.26 Å². The molecule has 1 fully saturated rings. The molecule has 1 saturated carbocycles. The molecule has 5 rings (SSSR count). The number of aryl methyl sites for hydroxylation is 1. The van der Waals surface area contributed by atoms with Gasteiger partial charge in [-0.15, -0.1) is 0 Å². The Labute approximate surface area is 215 Å². The van der Waals surface area contributed by atoms with Crippen LogP contribution in [0, 0.1) is 18.3 Å². The van der Waals surface area contributed by atoms with Gasteiger partial charge in [-0.25, -0.2) is 4.79 Å². The van der Waals surface area contributed by atoms with Crippen LogP contribution in [0.3, 0.4) is 0 Å². The van der Waals surface area contributed by atoms with Crippen LogP contribution in [0.25, 0.3) is 22.2 Å². The molecule has 4 aromatic rings. The fourth-order valence-corrected chi connectivity index (χ4v) is 4.65. The summed E-state index contributed by atoms with van der Waals surface area (Å²) in [5.41, 5.74) is 4.17. The summed E-state index contributed by atoms with van der Waals surface area (Å²) in [6.07, 6.45) is 3.85. The smallest absolute Gasteiger partial charge is 0.319 e. The van der Waals surface area contributed by atoms with Gasteiger partial charge < -0.3 is 24.5 Å². The maximum atomic E-state index is 12.1. The molecule has 0 atom stereocenters. The number of carbonyl (C=O) groups is 1. The summed E-state index contributed by atoms with van der Waals surface area (Å²) >= 11 is 0. The zero-order valence-electron chi connectivity index (χ0n) is 21.2. The normalized spacial score (nSPS) is 13.4. The molecule has 0 aliphatic heterocycles. The second-order valence-electron chi connectivity index (χ2n) is 9.63. The number of amides is 2. The van der Waals surface area contributed by atoms with E-state index in [0.29, 0.717) is 42.0 Å². The van der Waals surface area contributed by atoms with Gasteiger partial charge in [-0.2, -0.15) is 10.2 Å². The van der Waals surface area contributed by atoms with Crippen molar-refractivity contribution >= 4 is 22.6 Å². The molecule has 2 heterocycles. The molecular formula is C28H30N6O3. The number of nitriles is 1. The van der Waals surface area contributed by atoms with Crippen molar-refractivity contribution in [3.63, 3.8) is 0 Å². The van der Waals surface area contributed by atoms with Crippen molar-refractivity contribution in [2.75, 3.05) is 11.9 Å². The number of fused-ring (bicyclic) bond motifs is 1. The van der Waals surface area contributed by atoms with E-state index in [2.05, 4.69) is 31.4 Å². The topological polar surface area (TPSA) is 118 Å². The third kappa shape index (κ3) is 5.14. The number of benzene rings is 2. The quantitative estimate of drug-likeness (QED) is 0.319. The Hall–Kier alpha value is -4.32. The summed E-state index contributed by atoms with van der Waals surface area (Å²) in [5, 5.41) is 20.7. The lowest BCUT2D eigenvalue weighted by Gasteiger charge is -2.30. The van der Waals surface area contributed by atoms with Crippen LogP contribution in [-0.4, -0.2) is 33.4 Å². The number of aromatic nitrogens is 3. The van der Waals surface area contributed by atoms with Crippen molar-refractivity contribution in [2.45, 2.75) is 58.5 Å². The van der Waals surface area contributed by atoms with Crippen LogP contribution in [0.5, 0.6) is 5.75 Å². The minimum absolute atomic E-state index is 0.0488. The maximum absolute atomic E-state index is 12.1. The summed E-state index contributed by atoms with van der Waals surface area (Å²) < 4.78 is 13.3. The third-order valence-corrected chi connectivity index (χ3v) is 6.53. The second-order valence-corrected chi connectivity index (χ2v) is 9.63. The Morgan fingerprint density at radius 1 is 1.24 bits per heavy atom. The highest BCUT2D eigenvalue weighted by molar-refractivity contribution is 5.96. The lowest BCUT2D eigenvalue weighted by Crippen LogP contribution is -2.34. The van der Waals surface area contributed by atoms with Crippen LogP contribution in [0.4, 0.5) is 10.5 Å². The third-order valence-electron chi connectivity index (χ3n) is 6.53. The largest absolute Gasteiger partial charge is 0.493 e. The lowest BCUT2D eigenvalue weighted by molar-refractivity contribution is 0.250. The van der Waals surface area contributed by atoms with Crippen molar-refractivity contribution in [1.29, 1.82) is 5.26 Å². The highest BCUT2D eigenvalue weighted by Crippen LogP contribution is 2.43. The van der Waals surface area contributed by atoms with Crippen LogP contribution < -0.4 is 15.4 Å². The maximum Gasteiger partial charge on any atom is 0.319 e. The molecule has 190 valence electrons. The monoisotopic (exact) mass is 498 g/mol. The van der Waals surface area contributed by atoms with Gasteiger partial charge in [0.2, 0.25) is 5.89 Å². The van der Waals surface area contributed by atoms with E-state index in [0.717, 1.165) is 40.8 Å². The van der Waals surface area contributed by atoms with Crippen LogP contribution in [-0.2, 0) is 6.42 Å². The first-order valence-electron chi connectivity index (χ1n) is 12.6. The highest BCUT2D eigenvalue weighted by atomic mass is 16.5. The van der Waals surface area contributed by atoms with E-state index >= 15 is 0 Å². The van der Waals surface area contributed by atoms with Gasteiger partial charge in [-0.3, -0.25) is 0 Å². The van der Waals surface area contributed by atoms with Crippen LogP contribution >= 0.6 is 0 Å². The summed E-state index contributed by atoms with van der Waals surface area (Å²) in [6.45, 7) is 6.01. The van der Waals surface area contributed by atoms with Crippen LogP contribution in [0.2, 0.25) is 0 Å². The Morgan fingerprint density at radius 3 is 2.65 bits per heavy atom. The molecule has 2 aromatic carbocycles. The molecule has 0 bridgehead atoms. The fraction of sp³-hybridized carbons (Fsp3) is 0.357. The van der Waals surface area contributed by atoms with Crippen LogP contribution in [0.1, 0.15) is 56.4 Å². The minimum Gasteiger partial charge on any atom is -0.493 e. The Bertz CT molecular complexity index is 1460. The van der Waals surface area contributed by atoms with Gasteiger partial charge in [0.1, 0.15) is 11.8 Å². The molecule has 2 amide bonds. The van der Waals surface area contributed by atoms with Gasteiger partial charge in [0.15, 0.2) is 5.82 Å². The summed E-state index contributed by atoms with van der Waals surface area (Å²) in [7, 11) is 0. The number of nitrogens with one attached hydrogen (secondary N) is 2. The van der Waals surface area contributed by atoms with E-state index in [1.54, 1.807) is 6.92 Å². The average molecular weight is 499 g/mol. The summed E-state index contributed by atoms with van der Waals surface area (Å²) in [5.74, 6) is 1.89. The number of hydrogen-bond acceptors (Lipinski definition) is 6. The molecule has 37 heavy (non-hydrogen) atoms. The van der Waals surface area contributed by atoms with E-state index in [1.165, 1.54) is 6.42 Å². The molecule has 0 radical (unpaired) electrons. The first kappa shape index (κ1) is 24.4. The van der Waals surface area contributed by atoms with Gasteiger partial charge in [-0.05, 0) is 62.9 Å². The SMILES string of the molecule is Cc1nc(CCOc2ccc3c(C#N)c(-c4ccc(NC(=O)NC(C)C)cc4)n(C4CCC4)c3c2)no1. The zero-order valence-corrected chi connectivity index (χ0v) is 21.2. The molecule has 2 N–H and O–H groups in total. The Kier molecular flexibility index (Phi) is 6.82. The molecule has 9 heteroatoms. The van der Waals surface area contributed by atoms with Crippen molar-refractivity contribution < 1.29 is 14.1 Å². The van der Waals surface area contributed by atoms with Gasteiger partial charge in [0.25, 0.3) is 0 Å². The summed E-state index contributed by atoms with van der Waals surface area (Å²) in [6, 6.07) is 16.1. The predicted octanol–water partition coefficient (Wildman–Crippen LogP) is 5.75. The standard InChI is InChI=1S/C28H30N6O3/c1-17(2)30-28(35)32-20-9-7-19(8-10-20)27-24(16-29)23-12-11-22(15-25(23)34(27)21-5-4-6-21)36-14-13-26-31-18(3)37-33-26/h7-12,15,17,21H,4-6,13-14H2,1-3H3,(H2,30,32,35). The first-order chi connectivity index (χ1) is 17.9. The van der Waals surface area contributed by atoms with Crippen molar-refractivity contribution in [3.05, 3.63) is 59.7 Å². The molecule has 1 aliphatic rings. The lowest BCUT2D eigenvalue weighted by atomic mass is 9.92. The fourth-order valence-electron chi connectivity index (χ4n) is 4.65. The molecule has 0 spiro atoms. The molecule has 0 unspecified atom stereocenters. The number of anilines is 1. The summed E-state index contributed by atoms with van der Waals surface area (Å²) in [4.78, 5) is 16.3. The Balaban J connectivity index is 1.45. The second kappa shape index (κ2) is 10.3. The van der Waals surface area contributed by atoms with E-state index in [1.807, 2.05) is 56.3 Å². The number of nitrogens with zero attached hydrogens (tertiary/aromatic N) is 4.